The normalized spacial score (nSPS) is 11.6. The molecular formula is C9H13NO5S2. The van der Waals surface area contributed by atoms with Crippen LogP contribution in [-0.2, 0) is 19.6 Å². The van der Waals surface area contributed by atoms with E-state index in [1.165, 1.54) is 17.4 Å². The van der Waals surface area contributed by atoms with E-state index in [0.717, 1.165) is 4.88 Å². The van der Waals surface area contributed by atoms with Gasteiger partial charge in [0.05, 0.1) is 6.61 Å². The maximum Gasteiger partial charge on any atom is 0.329 e. The molecule has 1 aromatic heterocycles. The number of rotatable bonds is 7. The van der Waals surface area contributed by atoms with Crippen molar-refractivity contribution in [1.82, 2.24) is 4.72 Å². The molecule has 0 aliphatic heterocycles. The number of nitrogens with one attached hydrogen (secondary N) is 1. The van der Waals surface area contributed by atoms with E-state index in [9.17, 15) is 13.2 Å². The van der Waals surface area contributed by atoms with Gasteiger partial charge in [-0.05, 0) is 19.1 Å². The molecule has 2 N–H and O–H groups in total. The highest BCUT2D eigenvalue weighted by Crippen LogP contribution is 2.19. The second-order valence-electron chi connectivity index (χ2n) is 3.21. The monoisotopic (exact) mass is 279 g/mol. The highest BCUT2D eigenvalue weighted by molar-refractivity contribution is 7.91. The number of aliphatic carboxylic acids is 1. The summed E-state index contributed by atoms with van der Waals surface area (Å²) < 4.78 is 30.6. The fourth-order valence-electron chi connectivity index (χ4n) is 1.04. The van der Waals surface area contributed by atoms with Gasteiger partial charge in [0, 0.05) is 11.4 Å². The molecule has 8 heteroatoms. The van der Waals surface area contributed by atoms with Crippen molar-refractivity contribution in [2.45, 2.75) is 11.1 Å². The molecule has 96 valence electrons. The van der Waals surface area contributed by atoms with Gasteiger partial charge in [-0.2, -0.15) is 0 Å². The maximum absolute atomic E-state index is 11.7. The van der Waals surface area contributed by atoms with E-state index >= 15 is 0 Å². The van der Waals surface area contributed by atoms with Gasteiger partial charge in [-0.15, -0.1) is 11.3 Å². The molecule has 0 saturated carbocycles. The van der Waals surface area contributed by atoms with Crippen molar-refractivity contribution >= 4 is 27.3 Å². The third kappa shape index (κ3) is 4.82. The highest BCUT2D eigenvalue weighted by atomic mass is 32.2. The maximum atomic E-state index is 11.7. The minimum absolute atomic E-state index is 0.0237. The first kappa shape index (κ1) is 14.1. The first-order valence-electron chi connectivity index (χ1n) is 4.77. The Morgan fingerprint density at radius 1 is 1.53 bits per heavy atom. The summed E-state index contributed by atoms with van der Waals surface area (Å²) >= 11 is 1.18. The van der Waals surface area contributed by atoms with E-state index in [0.29, 0.717) is 0 Å². The van der Waals surface area contributed by atoms with E-state index < -0.39 is 22.6 Å². The second-order valence-corrected chi connectivity index (χ2v) is 6.49. The fraction of sp³-hybridized carbons (Fsp3) is 0.444. The smallest absolute Gasteiger partial charge is 0.329 e. The zero-order chi connectivity index (χ0) is 12.9. The summed E-state index contributed by atoms with van der Waals surface area (Å²) in [6, 6.07) is 3.25. The molecule has 0 saturated heterocycles. The number of ether oxygens (including phenoxy) is 1. The quantitative estimate of drug-likeness (QED) is 0.706. The van der Waals surface area contributed by atoms with Crippen molar-refractivity contribution in [3.05, 3.63) is 17.0 Å². The molecule has 0 aromatic carbocycles. The van der Waals surface area contributed by atoms with Gasteiger partial charge in [0.15, 0.2) is 0 Å². The topological polar surface area (TPSA) is 92.7 Å². The summed E-state index contributed by atoms with van der Waals surface area (Å²) in [5, 5.41) is 8.29. The summed E-state index contributed by atoms with van der Waals surface area (Å²) in [6.45, 7) is 1.46. The highest BCUT2D eigenvalue weighted by Gasteiger charge is 2.15. The third-order valence-corrected chi connectivity index (χ3v) is 4.70. The van der Waals surface area contributed by atoms with Crippen molar-refractivity contribution in [2.24, 2.45) is 0 Å². The molecule has 0 bridgehead atoms. The molecule has 0 aliphatic rings. The number of thiophene rings is 1. The van der Waals surface area contributed by atoms with Gasteiger partial charge in [-0.1, -0.05) is 0 Å². The molecule has 1 rings (SSSR count). The lowest BCUT2D eigenvalue weighted by molar-refractivity contribution is -0.142. The standard InChI is InChI=1S/C9H13NO5S2/c1-7-2-3-9(16-7)17(13,14)10-4-5-15-6-8(11)12/h2-3,10H,4-6H2,1H3,(H,11,12). The Hall–Kier alpha value is -0.960. The number of hydrogen-bond acceptors (Lipinski definition) is 5. The summed E-state index contributed by atoms with van der Waals surface area (Å²) in [5.74, 6) is -1.08. The minimum Gasteiger partial charge on any atom is -0.480 e. The van der Waals surface area contributed by atoms with Crippen LogP contribution in [0.25, 0.3) is 0 Å². The van der Waals surface area contributed by atoms with Crippen LogP contribution < -0.4 is 4.72 Å². The second kappa shape index (κ2) is 6.10. The van der Waals surface area contributed by atoms with Crippen LogP contribution in [0, 0.1) is 6.92 Å². The van der Waals surface area contributed by atoms with Crippen LogP contribution in [0.2, 0.25) is 0 Å². The van der Waals surface area contributed by atoms with Crippen LogP contribution in [0.1, 0.15) is 4.88 Å². The number of hydrogen-bond donors (Lipinski definition) is 2. The lowest BCUT2D eigenvalue weighted by Crippen LogP contribution is -2.27. The predicted octanol–water partition coefficient (Wildman–Crippen LogP) is 0.436. The van der Waals surface area contributed by atoms with Crippen molar-refractivity contribution in [1.29, 1.82) is 0 Å². The lowest BCUT2D eigenvalue weighted by atomic mass is 10.5. The number of aryl methyl sites for hydroxylation is 1. The first-order chi connectivity index (χ1) is 7.92. The Labute approximate surface area is 103 Å². The summed E-state index contributed by atoms with van der Waals surface area (Å²) in [5.41, 5.74) is 0. The Balaban J connectivity index is 2.38. The van der Waals surface area contributed by atoms with Crippen LogP contribution in [0.4, 0.5) is 0 Å². The molecule has 0 atom stereocenters. The average Bonchev–Trinajstić information content (AvgIpc) is 2.64. The van der Waals surface area contributed by atoms with E-state index in [4.69, 9.17) is 9.84 Å². The van der Waals surface area contributed by atoms with E-state index in [2.05, 4.69) is 4.72 Å². The molecule has 0 unspecified atom stereocenters. The number of sulfonamides is 1. The molecule has 17 heavy (non-hydrogen) atoms. The molecule has 6 nitrogen and oxygen atoms in total. The molecule has 1 heterocycles. The first-order valence-corrected chi connectivity index (χ1v) is 7.07. The van der Waals surface area contributed by atoms with Crippen LogP contribution in [0.3, 0.4) is 0 Å². The van der Waals surface area contributed by atoms with Gasteiger partial charge in [-0.25, -0.2) is 17.9 Å². The molecule has 0 spiro atoms. The van der Waals surface area contributed by atoms with Gasteiger partial charge in [0.2, 0.25) is 10.0 Å². The summed E-state index contributed by atoms with van der Waals surface area (Å²) in [6.07, 6.45) is 0. The number of carbonyl (C=O) groups is 1. The Bertz CT molecular complexity index is 479. The third-order valence-electron chi connectivity index (χ3n) is 1.74. The minimum atomic E-state index is -3.50. The molecule has 0 fully saturated rings. The van der Waals surface area contributed by atoms with E-state index in [-0.39, 0.29) is 17.4 Å². The predicted molar refractivity (Wildman–Crippen MR) is 62.7 cm³/mol. The number of carboxylic acids is 1. The zero-order valence-corrected chi connectivity index (χ0v) is 10.8. The molecular weight excluding hydrogens is 266 g/mol. The summed E-state index contributed by atoms with van der Waals surface area (Å²) in [7, 11) is -3.50. The van der Waals surface area contributed by atoms with Gasteiger partial charge in [-0.3, -0.25) is 0 Å². The van der Waals surface area contributed by atoms with Crippen molar-refractivity contribution in [3.63, 3.8) is 0 Å². The Morgan fingerprint density at radius 2 is 2.24 bits per heavy atom. The van der Waals surface area contributed by atoms with Gasteiger partial charge in [0.25, 0.3) is 0 Å². The molecule has 1 aromatic rings. The number of carboxylic acid groups (broad SMARTS) is 1. The zero-order valence-electron chi connectivity index (χ0n) is 9.17. The molecule has 0 radical (unpaired) electrons. The lowest BCUT2D eigenvalue weighted by Gasteiger charge is -2.04. The summed E-state index contributed by atoms with van der Waals surface area (Å²) in [4.78, 5) is 11.0. The van der Waals surface area contributed by atoms with Crippen LogP contribution in [0.15, 0.2) is 16.3 Å². The largest absolute Gasteiger partial charge is 0.480 e. The van der Waals surface area contributed by atoms with E-state index in [1.807, 2.05) is 6.92 Å². The van der Waals surface area contributed by atoms with Gasteiger partial charge < -0.3 is 9.84 Å². The average molecular weight is 279 g/mol. The Kier molecular flexibility index (Phi) is 5.06. The van der Waals surface area contributed by atoms with Crippen LogP contribution in [0.5, 0.6) is 0 Å². The Morgan fingerprint density at radius 3 is 2.76 bits per heavy atom. The SMILES string of the molecule is Cc1ccc(S(=O)(=O)NCCOCC(=O)O)s1. The molecule has 0 aliphatic carbocycles. The van der Waals surface area contributed by atoms with Gasteiger partial charge >= 0.3 is 5.97 Å². The van der Waals surface area contributed by atoms with Crippen LogP contribution in [-0.4, -0.2) is 39.3 Å². The van der Waals surface area contributed by atoms with Crippen molar-refractivity contribution < 1.29 is 23.1 Å². The van der Waals surface area contributed by atoms with Crippen LogP contribution >= 0.6 is 11.3 Å². The fourth-order valence-corrected chi connectivity index (χ4v) is 3.38. The van der Waals surface area contributed by atoms with Crippen molar-refractivity contribution in [3.8, 4) is 0 Å². The molecule has 0 amide bonds. The van der Waals surface area contributed by atoms with Crippen molar-refractivity contribution in [2.75, 3.05) is 19.8 Å². The van der Waals surface area contributed by atoms with Gasteiger partial charge in [0.1, 0.15) is 10.8 Å². The van der Waals surface area contributed by atoms with E-state index in [1.54, 1.807) is 6.07 Å².